The summed E-state index contributed by atoms with van der Waals surface area (Å²) in [4.78, 5) is 12.1. The highest BCUT2D eigenvalue weighted by atomic mass is 16.4. The van der Waals surface area contributed by atoms with Gasteiger partial charge in [-0.1, -0.05) is 60.7 Å². The molecule has 0 bridgehead atoms. The Hall–Kier alpha value is -3.59. The second-order valence-corrected chi connectivity index (χ2v) is 6.60. The Bertz CT molecular complexity index is 1330. The lowest BCUT2D eigenvalue weighted by Gasteiger charge is -2.05. The van der Waals surface area contributed by atoms with Gasteiger partial charge >= 0.3 is 5.63 Å². The van der Waals surface area contributed by atoms with Gasteiger partial charge in [-0.15, -0.1) is 0 Å². The third kappa shape index (κ3) is 2.48. The van der Waals surface area contributed by atoms with Gasteiger partial charge in [0.15, 0.2) is 0 Å². The van der Waals surface area contributed by atoms with Gasteiger partial charge in [0.25, 0.3) is 0 Å². The van der Waals surface area contributed by atoms with Gasteiger partial charge < -0.3 is 8.83 Å². The Morgan fingerprint density at radius 1 is 0.741 bits per heavy atom. The predicted molar refractivity (Wildman–Crippen MR) is 108 cm³/mol. The Morgan fingerprint density at radius 2 is 1.41 bits per heavy atom. The summed E-state index contributed by atoms with van der Waals surface area (Å²) < 4.78 is 11.9. The summed E-state index contributed by atoms with van der Waals surface area (Å²) in [5.41, 5.74) is 4.76. The molecule has 2 heterocycles. The van der Waals surface area contributed by atoms with Crippen LogP contribution in [0, 0.1) is 6.92 Å². The van der Waals surface area contributed by atoms with E-state index in [0.717, 1.165) is 38.8 Å². The molecule has 5 aromatic rings. The zero-order valence-electron chi connectivity index (χ0n) is 14.7. The van der Waals surface area contributed by atoms with Crippen molar-refractivity contribution in [2.75, 3.05) is 0 Å². The first kappa shape index (κ1) is 15.6. The number of rotatable bonds is 2. The van der Waals surface area contributed by atoms with E-state index in [1.54, 1.807) is 0 Å². The van der Waals surface area contributed by atoms with Crippen molar-refractivity contribution in [3.8, 4) is 22.5 Å². The molecule has 0 aliphatic carbocycles. The largest absolute Gasteiger partial charge is 0.455 e. The molecule has 130 valence electrons. The maximum atomic E-state index is 12.1. The number of furan rings is 1. The number of hydrogen-bond acceptors (Lipinski definition) is 3. The molecule has 0 saturated heterocycles. The van der Waals surface area contributed by atoms with Crippen molar-refractivity contribution >= 4 is 21.9 Å². The first-order chi connectivity index (χ1) is 13.2. The van der Waals surface area contributed by atoms with E-state index >= 15 is 0 Å². The highest BCUT2D eigenvalue weighted by Gasteiger charge is 2.21. The lowest BCUT2D eigenvalue weighted by atomic mass is 9.97. The second kappa shape index (κ2) is 5.99. The molecular formula is C24H16O3. The third-order valence-electron chi connectivity index (χ3n) is 4.87. The summed E-state index contributed by atoms with van der Waals surface area (Å²) in [6, 6.07) is 25.5. The SMILES string of the molecule is Cc1cc(=O)oc2c1ccc1oc(-c3ccccc3)c(-c3ccccc3)c12. The zero-order chi connectivity index (χ0) is 18.4. The monoisotopic (exact) mass is 352 g/mol. The first-order valence-corrected chi connectivity index (χ1v) is 8.83. The van der Waals surface area contributed by atoms with Crippen LogP contribution in [0.3, 0.4) is 0 Å². The van der Waals surface area contributed by atoms with E-state index < -0.39 is 0 Å². The minimum Gasteiger partial charge on any atom is -0.455 e. The van der Waals surface area contributed by atoms with Crippen molar-refractivity contribution in [2.24, 2.45) is 0 Å². The topological polar surface area (TPSA) is 43.4 Å². The van der Waals surface area contributed by atoms with E-state index in [1.807, 2.05) is 79.7 Å². The van der Waals surface area contributed by atoms with E-state index in [-0.39, 0.29) is 5.63 Å². The first-order valence-electron chi connectivity index (χ1n) is 8.83. The van der Waals surface area contributed by atoms with E-state index in [0.29, 0.717) is 11.2 Å². The van der Waals surface area contributed by atoms with Gasteiger partial charge in [-0.05, 0) is 30.2 Å². The molecule has 0 saturated carbocycles. The lowest BCUT2D eigenvalue weighted by molar-refractivity contribution is 0.562. The maximum absolute atomic E-state index is 12.1. The fourth-order valence-electron chi connectivity index (χ4n) is 3.64. The summed E-state index contributed by atoms with van der Waals surface area (Å²) in [7, 11) is 0. The minimum absolute atomic E-state index is 0.353. The molecule has 0 N–H and O–H groups in total. The molecule has 0 spiro atoms. The van der Waals surface area contributed by atoms with Crippen molar-refractivity contribution in [3.05, 3.63) is 94.8 Å². The fraction of sp³-hybridized carbons (Fsp3) is 0.0417. The third-order valence-corrected chi connectivity index (χ3v) is 4.87. The Morgan fingerprint density at radius 3 is 2.11 bits per heavy atom. The van der Waals surface area contributed by atoms with Gasteiger partial charge in [-0.3, -0.25) is 0 Å². The van der Waals surface area contributed by atoms with E-state index in [4.69, 9.17) is 8.83 Å². The Kier molecular flexibility index (Phi) is 3.47. The van der Waals surface area contributed by atoms with Gasteiger partial charge in [-0.25, -0.2) is 4.79 Å². The molecule has 3 aromatic carbocycles. The molecule has 0 aliphatic rings. The van der Waals surface area contributed by atoms with E-state index in [1.165, 1.54) is 6.07 Å². The van der Waals surface area contributed by atoms with Gasteiger partial charge in [0.05, 0.1) is 5.39 Å². The van der Waals surface area contributed by atoms with Crippen molar-refractivity contribution in [1.82, 2.24) is 0 Å². The van der Waals surface area contributed by atoms with Crippen LogP contribution < -0.4 is 5.63 Å². The van der Waals surface area contributed by atoms with Crippen molar-refractivity contribution in [2.45, 2.75) is 6.92 Å². The van der Waals surface area contributed by atoms with Gasteiger partial charge in [0, 0.05) is 22.6 Å². The van der Waals surface area contributed by atoms with Crippen LogP contribution in [-0.2, 0) is 0 Å². The Balaban J connectivity index is 2.00. The zero-order valence-corrected chi connectivity index (χ0v) is 14.7. The van der Waals surface area contributed by atoms with Gasteiger partial charge in [-0.2, -0.15) is 0 Å². The molecule has 0 aliphatic heterocycles. The van der Waals surface area contributed by atoms with E-state index in [9.17, 15) is 4.79 Å². The molecule has 2 aromatic heterocycles. The van der Waals surface area contributed by atoms with Crippen LogP contribution in [0.2, 0.25) is 0 Å². The van der Waals surface area contributed by atoms with Crippen LogP contribution in [-0.4, -0.2) is 0 Å². The second-order valence-electron chi connectivity index (χ2n) is 6.60. The van der Waals surface area contributed by atoms with Crippen LogP contribution >= 0.6 is 0 Å². The minimum atomic E-state index is -0.353. The fourth-order valence-corrected chi connectivity index (χ4v) is 3.64. The molecule has 0 amide bonds. The molecule has 0 atom stereocenters. The molecule has 3 nitrogen and oxygen atoms in total. The normalized spacial score (nSPS) is 11.3. The molecule has 0 fully saturated rings. The Labute approximate surface area is 155 Å². The number of aryl methyl sites for hydroxylation is 1. The smallest absolute Gasteiger partial charge is 0.336 e. The van der Waals surface area contributed by atoms with Crippen molar-refractivity contribution in [3.63, 3.8) is 0 Å². The lowest BCUT2D eigenvalue weighted by Crippen LogP contribution is -1.98. The van der Waals surface area contributed by atoms with Crippen LogP contribution in [0.4, 0.5) is 0 Å². The van der Waals surface area contributed by atoms with Crippen molar-refractivity contribution < 1.29 is 8.83 Å². The summed E-state index contributed by atoms with van der Waals surface area (Å²) in [5, 5.41) is 1.75. The maximum Gasteiger partial charge on any atom is 0.336 e. The van der Waals surface area contributed by atoms with Crippen LogP contribution in [0.15, 0.2) is 92.5 Å². The number of hydrogen-bond donors (Lipinski definition) is 0. The predicted octanol–water partition coefficient (Wildman–Crippen LogP) is 6.18. The summed E-state index contributed by atoms with van der Waals surface area (Å²) >= 11 is 0. The van der Waals surface area contributed by atoms with Crippen LogP contribution in [0.5, 0.6) is 0 Å². The molecule has 27 heavy (non-hydrogen) atoms. The van der Waals surface area contributed by atoms with Crippen molar-refractivity contribution in [1.29, 1.82) is 0 Å². The highest BCUT2D eigenvalue weighted by molar-refractivity contribution is 6.14. The molecule has 5 rings (SSSR count). The average molecular weight is 352 g/mol. The highest BCUT2D eigenvalue weighted by Crippen LogP contribution is 2.43. The summed E-state index contributed by atoms with van der Waals surface area (Å²) in [6.07, 6.45) is 0. The molecule has 0 unspecified atom stereocenters. The van der Waals surface area contributed by atoms with Gasteiger partial charge in [0.1, 0.15) is 16.9 Å². The quantitative estimate of drug-likeness (QED) is 0.356. The summed E-state index contributed by atoms with van der Waals surface area (Å²) in [5.74, 6) is 0.772. The molecule has 3 heteroatoms. The van der Waals surface area contributed by atoms with Crippen LogP contribution in [0.1, 0.15) is 5.56 Å². The number of fused-ring (bicyclic) bond motifs is 3. The van der Waals surface area contributed by atoms with E-state index in [2.05, 4.69) is 0 Å². The number of benzene rings is 3. The molecule has 0 radical (unpaired) electrons. The van der Waals surface area contributed by atoms with Crippen LogP contribution in [0.25, 0.3) is 44.4 Å². The average Bonchev–Trinajstić information content (AvgIpc) is 3.09. The molecular weight excluding hydrogens is 336 g/mol. The standard InChI is InChI=1S/C24H16O3/c1-15-14-20(25)27-24-18(15)12-13-19-22(24)21(16-8-4-2-5-9-16)23(26-19)17-10-6-3-7-11-17/h2-14H,1H3. The summed E-state index contributed by atoms with van der Waals surface area (Å²) in [6.45, 7) is 1.92. The van der Waals surface area contributed by atoms with Gasteiger partial charge in [0.2, 0.25) is 0 Å².